The van der Waals surface area contributed by atoms with Gasteiger partial charge in [0.25, 0.3) is 11.8 Å². The van der Waals surface area contributed by atoms with E-state index in [-0.39, 0.29) is 25.0 Å². The quantitative estimate of drug-likeness (QED) is 0.662. The molecule has 2 amide bonds. The minimum Gasteiger partial charge on any atom is -0.483 e. The third-order valence-electron chi connectivity index (χ3n) is 4.39. The molecule has 6 nitrogen and oxygen atoms in total. The van der Waals surface area contributed by atoms with E-state index in [9.17, 15) is 9.59 Å². The molecule has 0 aliphatic carbocycles. The molecule has 0 atom stereocenters. The summed E-state index contributed by atoms with van der Waals surface area (Å²) in [5.74, 6) is 0.663. The maximum absolute atomic E-state index is 12.2. The lowest BCUT2D eigenvalue weighted by molar-refractivity contribution is -0.133. The van der Waals surface area contributed by atoms with Gasteiger partial charge in [-0.05, 0) is 63.1 Å². The number of nitrogens with zero attached hydrogens (tertiary/aromatic N) is 1. The normalized spacial score (nSPS) is 10.4. The van der Waals surface area contributed by atoms with Crippen molar-refractivity contribution in [3.05, 3.63) is 52.5 Å². The van der Waals surface area contributed by atoms with Crippen molar-refractivity contribution in [1.29, 1.82) is 0 Å². The first-order valence-electron chi connectivity index (χ1n) is 9.54. The van der Waals surface area contributed by atoms with Crippen LogP contribution in [0.25, 0.3) is 0 Å². The molecule has 29 heavy (non-hydrogen) atoms. The van der Waals surface area contributed by atoms with E-state index >= 15 is 0 Å². The van der Waals surface area contributed by atoms with Gasteiger partial charge in [0.15, 0.2) is 13.2 Å². The van der Waals surface area contributed by atoms with E-state index in [0.29, 0.717) is 35.3 Å². The van der Waals surface area contributed by atoms with Crippen molar-refractivity contribution in [3.8, 4) is 11.5 Å². The molecule has 1 N–H and O–H groups in total. The van der Waals surface area contributed by atoms with E-state index < -0.39 is 0 Å². The maximum Gasteiger partial charge on any atom is 0.262 e. The largest absolute Gasteiger partial charge is 0.483 e. The number of halogens is 1. The number of carbonyl (C=O) groups is 2. The van der Waals surface area contributed by atoms with E-state index in [0.717, 1.165) is 11.1 Å². The molecule has 156 valence electrons. The molecule has 2 aromatic carbocycles. The first kappa shape index (κ1) is 22.6. The third kappa shape index (κ3) is 6.68. The van der Waals surface area contributed by atoms with Crippen LogP contribution in [0.15, 0.2) is 36.4 Å². The van der Waals surface area contributed by atoms with Crippen molar-refractivity contribution in [3.63, 3.8) is 0 Å². The van der Waals surface area contributed by atoms with E-state index in [1.807, 2.05) is 45.9 Å². The topological polar surface area (TPSA) is 67.9 Å². The van der Waals surface area contributed by atoms with Crippen LogP contribution in [-0.4, -0.2) is 43.0 Å². The van der Waals surface area contributed by atoms with Gasteiger partial charge in [0.2, 0.25) is 0 Å². The monoisotopic (exact) mass is 418 g/mol. The van der Waals surface area contributed by atoms with Crippen LogP contribution in [0.1, 0.15) is 25.0 Å². The molecule has 0 heterocycles. The Bertz CT molecular complexity index is 866. The van der Waals surface area contributed by atoms with Crippen LogP contribution < -0.4 is 14.8 Å². The average Bonchev–Trinajstić information content (AvgIpc) is 2.69. The number of aryl methyl sites for hydroxylation is 2. The molecular weight excluding hydrogens is 392 g/mol. The highest BCUT2D eigenvalue weighted by Gasteiger charge is 2.12. The fourth-order valence-electron chi connectivity index (χ4n) is 2.71. The molecule has 0 bridgehead atoms. The lowest BCUT2D eigenvalue weighted by atomic mass is 10.1. The fourth-order valence-corrected chi connectivity index (χ4v) is 2.94. The summed E-state index contributed by atoms with van der Waals surface area (Å²) in [7, 11) is 0. The van der Waals surface area contributed by atoms with Crippen molar-refractivity contribution in [2.75, 3.05) is 31.6 Å². The Morgan fingerprint density at radius 3 is 2.31 bits per heavy atom. The number of anilines is 1. The number of hydrogen-bond acceptors (Lipinski definition) is 4. The first-order chi connectivity index (χ1) is 13.8. The first-order valence-corrected chi connectivity index (χ1v) is 9.91. The van der Waals surface area contributed by atoms with Gasteiger partial charge in [0, 0.05) is 18.8 Å². The Morgan fingerprint density at radius 2 is 1.66 bits per heavy atom. The van der Waals surface area contributed by atoms with Crippen molar-refractivity contribution < 1.29 is 19.1 Å². The van der Waals surface area contributed by atoms with Gasteiger partial charge in [0.1, 0.15) is 11.5 Å². The lowest BCUT2D eigenvalue weighted by Gasteiger charge is -2.19. The molecule has 0 fully saturated rings. The molecule has 0 aromatic heterocycles. The smallest absolute Gasteiger partial charge is 0.262 e. The molecule has 0 aliphatic heterocycles. The number of nitrogens with one attached hydrogen (secondary N) is 1. The van der Waals surface area contributed by atoms with Crippen LogP contribution in [0, 0.1) is 13.8 Å². The van der Waals surface area contributed by atoms with Crippen molar-refractivity contribution in [2.24, 2.45) is 0 Å². The highest BCUT2D eigenvalue weighted by Crippen LogP contribution is 2.28. The Balaban J connectivity index is 1.90. The number of carbonyl (C=O) groups excluding carboxylic acids is 2. The highest BCUT2D eigenvalue weighted by atomic mass is 35.5. The Hall–Kier alpha value is -2.73. The van der Waals surface area contributed by atoms with Gasteiger partial charge >= 0.3 is 0 Å². The number of likely N-dealkylation sites (N-methyl/N-ethyl adjacent to an activating group) is 1. The summed E-state index contributed by atoms with van der Waals surface area (Å²) in [6, 6.07) is 10.7. The zero-order valence-corrected chi connectivity index (χ0v) is 18.0. The third-order valence-corrected chi connectivity index (χ3v) is 4.68. The summed E-state index contributed by atoms with van der Waals surface area (Å²) in [4.78, 5) is 25.9. The Morgan fingerprint density at radius 1 is 0.966 bits per heavy atom. The molecule has 0 spiro atoms. The number of hydrogen-bond donors (Lipinski definition) is 1. The van der Waals surface area contributed by atoms with Gasteiger partial charge in [0.05, 0.1) is 5.02 Å². The van der Waals surface area contributed by atoms with Gasteiger partial charge in [-0.25, -0.2) is 0 Å². The van der Waals surface area contributed by atoms with Crippen molar-refractivity contribution in [1.82, 2.24) is 4.90 Å². The Kier molecular flexibility index (Phi) is 8.34. The number of rotatable bonds is 9. The minimum absolute atomic E-state index is 0.0865. The van der Waals surface area contributed by atoms with Crippen LogP contribution in [0.3, 0.4) is 0 Å². The van der Waals surface area contributed by atoms with Gasteiger partial charge in [-0.2, -0.15) is 0 Å². The van der Waals surface area contributed by atoms with Gasteiger partial charge in [-0.1, -0.05) is 23.7 Å². The van der Waals surface area contributed by atoms with Crippen molar-refractivity contribution in [2.45, 2.75) is 27.7 Å². The SMILES string of the molecule is CCN(CC)C(=O)COc1ccc(NC(=O)COc2cc(C)ccc2C)cc1Cl. The number of benzene rings is 2. The average molecular weight is 419 g/mol. The number of amides is 2. The summed E-state index contributed by atoms with van der Waals surface area (Å²) in [5, 5.41) is 3.05. The summed E-state index contributed by atoms with van der Waals surface area (Å²) < 4.78 is 11.1. The van der Waals surface area contributed by atoms with Crippen LogP contribution in [0.2, 0.25) is 5.02 Å². The molecule has 0 saturated carbocycles. The van der Waals surface area contributed by atoms with E-state index in [1.54, 1.807) is 23.1 Å². The minimum atomic E-state index is -0.299. The molecule has 0 unspecified atom stereocenters. The zero-order chi connectivity index (χ0) is 21.4. The molecule has 0 aliphatic rings. The van der Waals surface area contributed by atoms with Crippen molar-refractivity contribution >= 4 is 29.1 Å². The summed E-state index contributed by atoms with van der Waals surface area (Å²) in [6.45, 7) is 8.77. The zero-order valence-electron chi connectivity index (χ0n) is 17.3. The van der Waals surface area contributed by atoms with E-state index in [2.05, 4.69) is 5.32 Å². The fraction of sp³-hybridized carbons (Fsp3) is 0.364. The molecule has 2 rings (SSSR count). The van der Waals surface area contributed by atoms with Crippen LogP contribution in [0.4, 0.5) is 5.69 Å². The van der Waals surface area contributed by atoms with Crippen LogP contribution >= 0.6 is 11.6 Å². The molecular formula is C22H27ClN2O4. The second-order valence-corrected chi connectivity index (χ2v) is 7.01. The summed E-state index contributed by atoms with van der Waals surface area (Å²) in [5.41, 5.74) is 2.55. The lowest BCUT2D eigenvalue weighted by Crippen LogP contribution is -2.34. The predicted octanol–water partition coefficient (Wildman–Crippen LogP) is 4.22. The van der Waals surface area contributed by atoms with Crippen LogP contribution in [-0.2, 0) is 9.59 Å². The van der Waals surface area contributed by atoms with Gasteiger partial charge in [-0.15, -0.1) is 0 Å². The van der Waals surface area contributed by atoms with Gasteiger partial charge < -0.3 is 19.7 Å². The summed E-state index contributed by atoms with van der Waals surface area (Å²) >= 11 is 6.22. The van der Waals surface area contributed by atoms with E-state index in [4.69, 9.17) is 21.1 Å². The van der Waals surface area contributed by atoms with Gasteiger partial charge in [-0.3, -0.25) is 9.59 Å². The van der Waals surface area contributed by atoms with E-state index in [1.165, 1.54) is 0 Å². The molecule has 0 radical (unpaired) electrons. The number of ether oxygens (including phenoxy) is 2. The molecule has 7 heteroatoms. The molecule has 0 saturated heterocycles. The maximum atomic E-state index is 12.2. The Labute approximate surface area is 176 Å². The second kappa shape index (κ2) is 10.7. The van der Waals surface area contributed by atoms with Crippen LogP contribution in [0.5, 0.6) is 11.5 Å². The molecule has 2 aromatic rings. The standard InChI is InChI=1S/C22H27ClN2O4/c1-5-25(6-2)22(27)14-29-19-10-9-17(12-18(19)23)24-21(26)13-28-20-11-15(3)7-8-16(20)4/h7-12H,5-6,13-14H2,1-4H3,(H,24,26). The summed E-state index contributed by atoms with van der Waals surface area (Å²) in [6.07, 6.45) is 0. The predicted molar refractivity (Wildman–Crippen MR) is 115 cm³/mol. The second-order valence-electron chi connectivity index (χ2n) is 6.61. The highest BCUT2D eigenvalue weighted by molar-refractivity contribution is 6.32.